The van der Waals surface area contributed by atoms with E-state index in [2.05, 4.69) is 10.3 Å². The van der Waals surface area contributed by atoms with Gasteiger partial charge in [-0.1, -0.05) is 12.1 Å². The summed E-state index contributed by atoms with van der Waals surface area (Å²) in [5.74, 6) is 2.90. The molecule has 2 aromatic rings. The van der Waals surface area contributed by atoms with Crippen molar-refractivity contribution in [3.05, 3.63) is 48.0 Å². The molecule has 6 rings (SSSR count). The molecule has 25 heavy (non-hydrogen) atoms. The van der Waals surface area contributed by atoms with E-state index in [1.807, 2.05) is 12.3 Å². The average Bonchev–Trinajstić information content (AvgIpc) is 3.08. The molecule has 1 aromatic heterocycles. The third-order valence-electron chi connectivity index (χ3n) is 6.63. The van der Waals surface area contributed by atoms with Gasteiger partial charge in [0.25, 0.3) is 5.91 Å². The fraction of sp³-hybridized carbons (Fsp3) is 0.476. The van der Waals surface area contributed by atoms with Crippen LogP contribution in [-0.4, -0.2) is 16.9 Å². The fourth-order valence-electron chi connectivity index (χ4n) is 5.72. The zero-order chi connectivity index (χ0) is 17.0. The van der Waals surface area contributed by atoms with E-state index in [1.54, 1.807) is 12.1 Å². The topological polar surface area (TPSA) is 44.9 Å². The van der Waals surface area contributed by atoms with Gasteiger partial charge < -0.3 is 10.3 Å². The predicted octanol–water partition coefficient (Wildman–Crippen LogP) is 4.38. The van der Waals surface area contributed by atoms with Gasteiger partial charge in [-0.15, -0.1) is 0 Å². The van der Waals surface area contributed by atoms with Crippen LogP contribution >= 0.6 is 0 Å². The van der Waals surface area contributed by atoms with Crippen molar-refractivity contribution in [1.29, 1.82) is 0 Å². The van der Waals surface area contributed by atoms with Gasteiger partial charge in [-0.05, 0) is 85.1 Å². The number of H-pyrrole nitrogens is 1. The Morgan fingerprint density at radius 3 is 2.24 bits per heavy atom. The van der Waals surface area contributed by atoms with E-state index in [0.29, 0.717) is 23.6 Å². The zero-order valence-electron chi connectivity index (χ0n) is 14.2. The molecule has 130 valence electrons. The monoisotopic (exact) mass is 338 g/mol. The first-order valence-corrected chi connectivity index (χ1v) is 9.41. The van der Waals surface area contributed by atoms with Crippen LogP contribution in [0, 0.1) is 29.5 Å². The van der Waals surface area contributed by atoms with Crippen molar-refractivity contribution < 1.29 is 9.18 Å². The van der Waals surface area contributed by atoms with Crippen molar-refractivity contribution in [3.8, 4) is 11.1 Å². The van der Waals surface area contributed by atoms with Crippen molar-refractivity contribution >= 4 is 5.91 Å². The molecule has 3 nitrogen and oxygen atoms in total. The molecule has 0 unspecified atom stereocenters. The second-order valence-electron chi connectivity index (χ2n) is 8.24. The molecule has 4 heteroatoms. The second kappa shape index (κ2) is 5.72. The van der Waals surface area contributed by atoms with Crippen LogP contribution in [0.5, 0.6) is 0 Å². The van der Waals surface area contributed by atoms with Crippen LogP contribution < -0.4 is 5.32 Å². The molecule has 4 bridgehead atoms. The molecule has 2 N–H and O–H groups in total. The smallest absolute Gasteiger partial charge is 0.267 e. The van der Waals surface area contributed by atoms with Crippen LogP contribution in [0.2, 0.25) is 0 Å². The first-order chi connectivity index (χ1) is 12.2. The van der Waals surface area contributed by atoms with E-state index in [9.17, 15) is 9.18 Å². The summed E-state index contributed by atoms with van der Waals surface area (Å²) in [7, 11) is 0. The van der Waals surface area contributed by atoms with E-state index < -0.39 is 0 Å². The molecule has 0 saturated heterocycles. The maximum absolute atomic E-state index is 13.1. The Morgan fingerprint density at radius 2 is 1.60 bits per heavy atom. The van der Waals surface area contributed by atoms with Crippen LogP contribution in [0.1, 0.15) is 42.6 Å². The normalized spacial score (nSPS) is 32.8. The highest BCUT2D eigenvalue weighted by Crippen LogP contribution is 2.53. The molecule has 1 aromatic carbocycles. The summed E-state index contributed by atoms with van der Waals surface area (Å²) in [6.07, 6.45) is 8.42. The van der Waals surface area contributed by atoms with Gasteiger partial charge in [0.05, 0.1) is 0 Å². The first-order valence-electron chi connectivity index (χ1n) is 9.41. The van der Waals surface area contributed by atoms with Gasteiger partial charge in [-0.2, -0.15) is 0 Å². The van der Waals surface area contributed by atoms with Crippen molar-refractivity contribution in [3.63, 3.8) is 0 Å². The van der Waals surface area contributed by atoms with E-state index in [4.69, 9.17) is 0 Å². The maximum Gasteiger partial charge on any atom is 0.267 e. The minimum absolute atomic E-state index is 0.00849. The lowest BCUT2D eigenvalue weighted by Gasteiger charge is -2.54. The number of carbonyl (C=O) groups is 1. The summed E-state index contributed by atoms with van der Waals surface area (Å²) in [6.45, 7) is 0. The number of hydrogen-bond donors (Lipinski definition) is 2. The van der Waals surface area contributed by atoms with Crippen LogP contribution in [0.4, 0.5) is 4.39 Å². The molecule has 0 radical (unpaired) electrons. The largest absolute Gasteiger partial charge is 0.357 e. The summed E-state index contributed by atoms with van der Waals surface area (Å²) in [6, 6.07) is 8.56. The zero-order valence-corrected chi connectivity index (χ0v) is 14.2. The molecule has 4 aliphatic rings. The van der Waals surface area contributed by atoms with Gasteiger partial charge in [0.2, 0.25) is 0 Å². The minimum Gasteiger partial charge on any atom is -0.357 e. The quantitative estimate of drug-likeness (QED) is 0.857. The van der Waals surface area contributed by atoms with E-state index in [0.717, 1.165) is 23.0 Å². The van der Waals surface area contributed by atoms with Crippen molar-refractivity contribution in [2.45, 2.75) is 38.1 Å². The Labute approximate surface area is 147 Å². The van der Waals surface area contributed by atoms with E-state index in [1.165, 1.54) is 44.2 Å². The lowest BCUT2D eigenvalue weighted by molar-refractivity contribution is -0.0120. The Balaban J connectivity index is 1.31. The Kier molecular flexibility index (Phi) is 3.47. The number of carbonyl (C=O) groups excluding carboxylic acids is 1. The Morgan fingerprint density at radius 1 is 0.960 bits per heavy atom. The van der Waals surface area contributed by atoms with Gasteiger partial charge in [0, 0.05) is 12.2 Å². The second-order valence-corrected chi connectivity index (χ2v) is 8.24. The highest BCUT2D eigenvalue weighted by molar-refractivity contribution is 5.94. The molecular formula is C21H23FN2O. The number of halogens is 1. The van der Waals surface area contributed by atoms with Gasteiger partial charge in [0.15, 0.2) is 0 Å². The molecular weight excluding hydrogens is 315 g/mol. The van der Waals surface area contributed by atoms with Crippen LogP contribution in [0.3, 0.4) is 0 Å². The summed E-state index contributed by atoms with van der Waals surface area (Å²) in [4.78, 5) is 15.8. The molecule has 0 spiro atoms. The predicted molar refractivity (Wildman–Crippen MR) is 94.5 cm³/mol. The summed E-state index contributed by atoms with van der Waals surface area (Å²) in [5, 5.41) is 3.32. The molecule has 4 fully saturated rings. The van der Waals surface area contributed by atoms with Crippen LogP contribution in [0.25, 0.3) is 11.1 Å². The van der Waals surface area contributed by atoms with Crippen molar-refractivity contribution in [1.82, 2.24) is 10.3 Å². The molecule has 4 aliphatic carbocycles. The lowest BCUT2D eigenvalue weighted by atomic mass is 9.54. The maximum atomic E-state index is 13.1. The Hall–Kier alpha value is -2.10. The molecule has 0 aliphatic heterocycles. The van der Waals surface area contributed by atoms with Crippen molar-refractivity contribution in [2.75, 3.05) is 0 Å². The average molecular weight is 338 g/mol. The molecule has 4 saturated carbocycles. The number of benzene rings is 1. The Bertz CT molecular complexity index is 766. The first kappa shape index (κ1) is 15.2. The highest BCUT2D eigenvalue weighted by Gasteiger charge is 2.48. The van der Waals surface area contributed by atoms with Crippen LogP contribution in [-0.2, 0) is 0 Å². The van der Waals surface area contributed by atoms with Gasteiger partial charge in [-0.3, -0.25) is 4.79 Å². The number of hydrogen-bond acceptors (Lipinski definition) is 1. The van der Waals surface area contributed by atoms with Gasteiger partial charge >= 0.3 is 0 Å². The number of rotatable bonds is 3. The van der Waals surface area contributed by atoms with E-state index in [-0.39, 0.29) is 11.7 Å². The molecule has 1 heterocycles. The summed E-state index contributed by atoms with van der Waals surface area (Å²) >= 11 is 0. The lowest BCUT2D eigenvalue weighted by Crippen LogP contribution is -2.55. The van der Waals surface area contributed by atoms with E-state index >= 15 is 0 Å². The third-order valence-corrected chi connectivity index (χ3v) is 6.63. The van der Waals surface area contributed by atoms with Gasteiger partial charge in [0.1, 0.15) is 11.5 Å². The number of amides is 1. The SMILES string of the molecule is O=C(NC1C2CC3CC(C2)CC1C3)c1cc(-c2ccc(F)cc2)c[nH]1. The number of aromatic nitrogens is 1. The fourth-order valence-corrected chi connectivity index (χ4v) is 5.72. The molecule has 1 amide bonds. The highest BCUT2D eigenvalue weighted by atomic mass is 19.1. The molecule has 0 atom stereocenters. The third kappa shape index (κ3) is 2.68. The standard InChI is InChI=1S/C21H23FN2O/c22-18-3-1-14(2-4-18)17-10-19(23-11-17)21(25)24-20-15-6-12-5-13(8-15)9-16(20)7-12/h1-4,10-13,15-16,20,23H,5-9H2,(H,24,25). The minimum atomic E-state index is -0.251. The number of aromatic amines is 1. The van der Waals surface area contributed by atoms with Crippen molar-refractivity contribution in [2.24, 2.45) is 23.7 Å². The summed E-state index contributed by atoms with van der Waals surface area (Å²) in [5.41, 5.74) is 2.41. The number of nitrogens with one attached hydrogen (secondary N) is 2. The van der Waals surface area contributed by atoms with Gasteiger partial charge in [-0.25, -0.2) is 4.39 Å². The van der Waals surface area contributed by atoms with Crippen LogP contribution in [0.15, 0.2) is 36.5 Å². The summed E-state index contributed by atoms with van der Waals surface area (Å²) < 4.78 is 13.1.